The van der Waals surface area contributed by atoms with Crippen LogP contribution in [0.2, 0.25) is 0 Å². The summed E-state index contributed by atoms with van der Waals surface area (Å²) in [4.78, 5) is 12.8. The molecule has 2 aromatic rings. The van der Waals surface area contributed by atoms with Crippen molar-refractivity contribution in [3.8, 4) is 5.69 Å². The lowest BCUT2D eigenvalue weighted by atomic mass is 9.87. The van der Waals surface area contributed by atoms with Crippen molar-refractivity contribution in [1.82, 2.24) is 20.6 Å². The molecule has 0 fully saturated rings. The Labute approximate surface area is 136 Å². The molecule has 0 radical (unpaired) electrons. The van der Waals surface area contributed by atoms with E-state index < -0.39 is 0 Å². The predicted octanol–water partition coefficient (Wildman–Crippen LogP) is 2.61. The van der Waals surface area contributed by atoms with Crippen LogP contribution in [-0.2, 0) is 5.41 Å². The molecular formula is C18H24N4O. The van der Waals surface area contributed by atoms with Gasteiger partial charge in [-0.15, -0.1) is 0 Å². The zero-order chi connectivity index (χ0) is 16.8. The molecule has 1 unspecified atom stereocenters. The molecule has 1 atom stereocenters. The van der Waals surface area contributed by atoms with Crippen LogP contribution in [0.3, 0.4) is 0 Å². The van der Waals surface area contributed by atoms with Gasteiger partial charge in [0.05, 0.1) is 16.9 Å². The Morgan fingerprint density at radius 2 is 1.78 bits per heavy atom. The molecule has 0 saturated carbocycles. The second kappa shape index (κ2) is 5.42. The van der Waals surface area contributed by atoms with Gasteiger partial charge >= 0.3 is 0 Å². The highest BCUT2D eigenvalue weighted by molar-refractivity contribution is 5.67. The molecule has 1 aliphatic rings. The van der Waals surface area contributed by atoms with E-state index in [9.17, 15) is 4.79 Å². The summed E-state index contributed by atoms with van der Waals surface area (Å²) in [6, 6.07) is 8.33. The first-order valence-electron chi connectivity index (χ1n) is 7.93. The maximum absolute atomic E-state index is 12.8. The first kappa shape index (κ1) is 15.6. The number of H-pyrrole nitrogens is 1. The number of rotatable bonds is 2. The quantitative estimate of drug-likeness (QED) is 0.799. The Morgan fingerprint density at radius 1 is 1.13 bits per heavy atom. The summed E-state index contributed by atoms with van der Waals surface area (Å²) in [6.07, 6.45) is 2.02. The number of aromatic nitrogens is 2. The molecule has 122 valence electrons. The van der Waals surface area contributed by atoms with E-state index in [0.717, 1.165) is 17.1 Å². The minimum atomic E-state index is -0.0411. The summed E-state index contributed by atoms with van der Waals surface area (Å²) in [5, 5.41) is 3.17. The third-order valence-electron chi connectivity index (χ3n) is 4.18. The smallest absolute Gasteiger partial charge is 0.280 e. The van der Waals surface area contributed by atoms with Gasteiger partial charge in [0.25, 0.3) is 5.56 Å². The van der Waals surface area contributed by atoms with Crippen molar-refractivity contribution in [2.45, 2.75) is 46.1 Å². The summed E-state index contributed by atoms with van der Waals surface area (Å²) in [7, 11) is 0. The Hall–Kier alpha value is -2.27. The molecule has 1 aromatic carbocycles. The molecule has 2 heterocycles. The van der Waals surface area contributed by atoms with E-state index in [4.69, 9.17) is 0 Å². The lowest BCUT2D eigenvalue weighted by Gasteiger charge is -2.19. The lowest BCUT2D eigenvalue weighted by molar-refractivity contribution is 0.590. The van der Waals surface area contributed by atoms with E-state index in [2.05, 4.69) is 48.9 Å². The van der Waals surface area contributed by atoms with Crippen molar-refractivity contribution >= 4 is 5.70 Å². The van der Waals surface area contributed by atoms with Gasteiger partial charge in [0.15, 0.2) is 0 Å². The fourth-order valence-corrected chi connectivity index (χ4v) is 2.83. The fraction of sp³-hybridized carbons (Fsp3) is 0.389. The highest BCUT2D eigenvalue weighted by Crippen LogP contribution is 2.23. The third kappa shape index (κ3) is 2.84. The Kier molecular flexibility index (Phi) is 3.68. The molecule has 3 N–H and O–H groups in total. The second-order valence-corrected chi connectivity index (χ2v) is 7.19. The number of aryl methyl sites for hydroxylation is 1. The first-order chi connectivity index (χ1) is 10.8. The third-order valence-corrected chi connectivity index (χ3v) is 4.18. The summed E-state index contributed by atoms with van der Waals surface area (Å²) in [6.45, 7) is 10.5. The van der Waals surface area contributed by atoms with Gasteiger partial charge in [0.1, 0.15) is 0 Å². The van der Waals surface area contributed by atoms with Crippen LogP contribution in [0.25, 0.3) is 11.4 Å². The summed E-state index contributed by atoms with van der Waals surface area (Å²) in [5.74, 6) is 0. The molecule has 0 amide bonds. The maximum Gasteiger partial charge on any atom is 0.280 e. The molecule has 1 aliphatic heterocycles. The van der Waals surface area contributed by atoms with E-state index in [1.54, 1.807) is 4.68 Å². The van der Waals surface area contributed by atoms with Gasteiger partial charge in [-0.05, 0) is 43.0 Å². The highest BCUT2D eigenvalue weighted by Gasteiger charge is 2.21. The Bertz CT molecular complexity index is 803. The standard InChI is InChI=1S/C18H24N4O/c1-11-10-15(20-19-11)16-12(2)21-22(17(16)23)14-8-6-13(7-9-14)18(3,4)5/h6-11,19-21H,1-5H3. The van der Waals surface area contributed by atoms with Gasteiger partial charge < -0.3 is 5.43 Å². The van der Waals surface area contributed by atoms with E-state index in [-0.39, 0.29) is 17.0 Å². The minimum Gasteiger partial charge on any atom is -0.320 e. The number of benzene rings is 1. The van der Waals surface area contributed by atoms with E-state index >= 15 is 0 Å². The minimum absolute atomic E-state index is 0.0411. The monoisotopic (exact) mass is 312 g/mol. The van der Waals surface area contributed by atoms with Crippen LogP contribution in [-0.4, -0.2) is 15.8 Å². The van der Waals surface area contributed by atoms with Crippen LogP contribution in [0.1, 0.15) is 44.5 Å². The molecule has 23 heavy (non-hydrogen) atoms. The molecule has 5 nitrogen and oxygen atoms in total. The zero-order valence-corrected chi connectivity index (χ0v) is 14.3. The van der Waals surface area contributed by atoms with Crippen molar-refractivity contribution in [3.05, 3.63) is 57.5 Å². The van der Waals surface area contributed by atoms with Crippen molar-refractivity contribution in [2.75, 3.05) is 0 Å². The zero-order valence-electron chi connectivity index (χ0n) is 14.3. The van der Waals surface area contributed by atoms with Crippen molar-refractivity contribution in [2.24, 2.45) is 0 Å². The van der Waals surface area contributed by atoms with Gasteiger partial charge in [-0.25, -0.2) is 10.1 Å². The molecule has 5 heteroatoms. The summed E-state index contributed by atoms with van der Waals surface area (Å²) < 4.78 is 1.60. The Morgan fingerprint density at radius 3 is 2.30 bits per heavy atom. The largest absolute Gasteiger partial charge is 0.320 e. The van der Waals surface area contributed by atoms with E-state index in [0.29, 0.717) is 5.56 Å². The van der Waals surface area contributed by atoms with Gasteiger partial charge in [0, 0.05) is 11.7 Å². The molecular weight excluding hydrogens is 288 g/mol. The number of hydrogen-bond acceptors (Lipinski definition) is 3. The van der Waals surface area contributed by atoms with Gasteiger partial charge in [-0.2, -0.15) is 0 Å². The van der Waals surface area contributed by atoms with Crippen LogP contribution < -0.4 is 16.4 Å². The van der Waals surface area contributed by atoms with Crippen molar-refractivity contribution in [1.29, 1.82) is 0 Å². The summed E-state index contributed by atoms with van der Waals surface area (Å²) >= 11 is 0. The Balaban J connectivity index is 2.02. The topological polar surface area (TPSA) is 61.9 Å². The number of nitrogens with zero attached hydrogens (tertiary/aromatic N) is 1. The maximum atomic E-state index is 12.8. The van der Waals surface area contributed by atoms with Crippen molar-refractivity contribution in [3.63, 3.8) is 0 Å². The number of hydrazine groups is 1. The lowest BCUT2D eigenvalue weighted by Crippen LogP contribution is -2.30. The first-order valence-corrected chi connectivity index (χ1v) is 7.93. The number of hydrogen-bond donors (Lipinski definition) is 3. The molecule has 0 spiro atoms. The second-order valence-electron chi connectivity index (χ2n) is 7.19. The van der Waals surface area contributed by atoms with Gasteiger partial charge in [0.2, 0.25) is 0 Å². The molecule has 0 saturated heterocycles. The predicted molar refractivity (Wildman–Crippen MR) is 93.5 cm³/mol. The number of nitrogens with one attached hydrogen (secondary N) is 3. The van der Waals surface area contributed by atoms with Gasteiger partial charge in [-0.1, -0.05) is 32.9 Å². The molecule has 0 bridgehead atoms. The van der Waals surface area contributed by atoms with Crippen LogP contribution in [0.5, 0.6) is 0 Å². The van der Waals surface area contributed by atoms with Crippen LogP contribution in [0.15, 0.2) is 35.1 Å². The van der Waals surface area contributed by atoms with E-state index in [1.165, 1.54) is 5.56 Å². The fourth-order valence-electron chi connectivity index (χ4n) is 2.83. The van der Waals surface area contributed by atoms with Gasteiger partial charge in [-0.3, -0.25) is 9.89 Å². The van der Waals surface area contributed by atoms with Crippen molar-refractivity contribution < 1.29 is 0 Å². The highest BCUT2D eigenvalue weighted by atomic mass is 16.1. The normalized spacial score (nSPS) is 18.0. The average Bonchev–Trinajstić information content (AvgIpc) is 3.02. The summed E-state index contributed by atoms with van der Waals surface area (Å²) in [5.41, 5.74) is 10.7. The average molecular weight is 312 g/mol. The molecule has 1 aromatic heterocycles. The van der Waals surface area contributed by atoms with E-state index in [1.807, 2.05) is 32.1 Å². The SMILES string of the molecule is Cc1[nH]n(-c2ccc(C(C)(C)C)cc2)c(=O)c1C1=CC(C)NN1. The molecule has 3 rings (SSSR count). The number of aromatic amines is 1. The van der Waals surface area contributed by atoms with Crippen LogP contribution in [0.4, 0.5) is 0 Å². The van der Waals surface area contributed by atoms with Crippen LogP contribution in [0, 0.1) is 6.92 Å². The molecule has 0 aliphatic carbocycles. The van der Waals surface area contributed by atoms with Crippen LogP contribution >= 0.6 is 0 Å².